The van der Waals surface area contributed by atoms with E-state index in [9.17, 15) is 0 Å². The van der Waals surface area contributed by atoms with Crippen LogP contribution in [-0.2, 0) is 6.54 Å². The number of piperidine rings is 1. The highest BCUT2D eigenvalue weighted by Crippen LogP contribution is 2.27. The average molecular weight is 401 g/mol. The first-order valence-corrected chi connectivity index (χ1v) is 10.5. The Kier molecular flexibility index (Phi) is 5.95. The molecule has 0 radical (unpaired) electrons. The van der Waals surface area contributed by atoms with Crippen molar-refractivity contribution < 1.29 is 4.42 Å². The Bertz CT molecular complexity index is 790. The van der Waals surface area contributed by atoms with Gasteiger partial charge >= 0.3 is 0 Å². The Balaban J connectivity index is 1.50. The van der Waals surface area contributed by atoms with Crippen LogP contribution in [0.3, 0.4) is 0 Å². The standard InChI is InChI=1S/C20H28N6OS/c1-15-6-4-10-26(14-15)18-12-17(25-8-2-3-9-25)22-19(23-18)24-20(28)21-13-16-7-5-11-27-16/h5,7,11-12,15H,2-4,6,8-10,13-14H2,1H3,(H2,21,22,23,24,28)/t15-/m1/s1. The van der Waals surface area contributed by atoms with Gasteiger partial charge < -0.3 is 24.9 Å². The molecule has 2 N–H and O–H groups in total. The predicted octanol–water partition coefficient (Wildman–Crippen LogP) is 3.39. The summed E-state index contributed by atoms with van der Waals surface area (Å²) in [5, 5.41) is 6.80. The minimum Gasteiger partial charge on any atom is -0.467 e. The molecule has 2 aromatic rings. The summed E-state index contributed by atoms with van der Waals surface area (Å²) >= 11 is 5.43. The van der Waals surface area contributed by atoms with Crippen LogP contribution in [0.1, 0.15) is 38.4 Å². The Morgan fingerprint density at radius 1 is 1.18 bits per heavy atom. The van der Waals surface area contributed by atoms with Crippen molar-refractivity contribution in [3.8, 4) is 0 Å². The molecule has 1 atom stereocenters. The van der Waals surface area contributed by atoms with Crippen LogP contribution in [0.5, 0.6) is 0 Å². The third-order valence-corrected chi connectivity index (χ3v) is 5.59. The summed E-state index contributed by atoms with van der Waals surface area (Å²) in [7, 11) is 0. The van der Waals surface area contributed by atoms with Crippen LogP contribution in [0.25, 0.3) is 0 Å². The Morgan fingerprint density at radius 2 is 1.93 bits per heavy atom. The number of nitrogens with one attached hydrogen (secondary N) is 2. The molecular weight excluding hydrogens is 372 g/mol. The lowest BCUT2D eigenvalue weighted by molar-refractivity contribution is 0.444. The second-order valence-corrected chi connectivity index (χ2v) is 8.09. The first kappa shape index (κ1) is 19.0. The van der Waals surface area contributed by atoms with Gasteiger partial charge in [-0.2, -0.15) is 9.97 Å². The van der Waals surface area contributed by atoms with Crippen molar-refractivity contribution in [3.63, 3.8) is 0 Å². The second kappa shape index (κ2) is 8.77. The maximum Gasteiger partial charge on any atom is 0.232 e. The molecule has 7 nitrogen and oxygen atoms in total. The lowest BCUT2D eigenvalue weighted by Gasteiger charge is -2.32. The van der Waals surface area contributed by atoms with E-state index in [4.69, 9.17) is 26.6 Å². The number of furan rings is 1. The molecule has 2 fully saturated rings. The van der Waals surface area contributed by atoms with Gasteiger partial charge in [-0.05, 0) is 56.0 Å². The number of rotatable bonds is 5. The third-order valence-electron chi connectivity index (χ3n) is 5.34. The van der Waals surface area contributed by atoms with Crippen LogP contribution in [0.15, 0.2) is 28.9 Å². The zero-order valence-electron chi connectivity index (χ0n) is 16.4. The van der Waals surface area contributed by atoms with Gasteiger partial charge in [-0.1, -0.05) is 6.92 Å². The van der Waals surface area contributed by atoms with Gasteiger partial charge in [-0.15, -0.1) is 0 Å². The van der Waals surface area contributed by atoms with E-state index in [1.807, 2.05) is 12.1 Å². The van der Waals surface area contributed by atoms with Gasteiger partial charge in [0.2, 0.25) is 5.95 Å². The van der Waals surface area contributed by atoms with Gasteiger partial charge in [0.15, 0.2) is 5.11 Å². The minimum absolute atomic E-state index is 0.493. The Hall–Kier alpha value is -2.35. The molecule has 2 aromatic heterocycles. The monoisotopic (exact) mass is 400 g/mol. The molecule has 4 heterocycles. The first-order chi connectivity index (χ1) is 13.7. The van der Waals surface area contributed by atoms with Crippen molar-refractivity contribution in [2.45, 2.75) is 39.2 Å². The number of thiocarbonyl (C=S) groups is 1. The van der Waals surface area contributed by atoms with Gasteiger partial charge in [-0.25, -0.2) is 0 Å². The molecule has 28 heavy (non-hydrogen) atoms. The number of hydrogen-bond donors (Lipinski definition) is 2. The molecular formula is C20H28N6OS. The third kappa shape index (κ3) is 4.73. The second-order valence-electron chi connectivity index (χ2n) is 7.68. The van der Waals surface area contributed by atoms with Crippen LogP contribution in [0.2, 0.25) is 0 Å². The lowest BCUT2D eigenvalue weighted by Crippen LogP contribution is -2.35. The van der Waals surface area contributed by atoms with Crippen molar-refractivity contribution in [1.82, 2.24) is 15.3 Å². The predicted molar refractivity (Wildman–Crippen MR) is 116 cm³/mol. The fourth-order valence-corrected chi connectivity index (χ4v) is 4.04. The number of aromatic nitrogens is 2. The summed E-state index contributed by atoms with van der Waals surface area (Å²) in [4.78, 5) is 14.2. The van der Waals surface area contributed by atoms with E-state index in [-0.39, 0.29) is 0 Å². The van der Waals surface area contributed by atoms with Gasteiger partial charge in [0.25, 0.3) is 0 Å². The van der Waals surface area contributed by atoms with E-state index in [2.05, 4.69) is 33.4 Å². The number of nitrogens with zero attached hydrogens (tertiary/aromatic N) is 4. The Morgan fingerprint density at radius 3 is 2.64 bits per heavy atom. The molecule has 2 aliphatic heterocycles. The summed E-state index contributed by atoms with van der Waals surface area (Å²) in [6.07, 6.45) is 6.57. The molecule has 0 bridgehead atoms. The van der Waals surface area contributed by atoms with Gasteiger partial charge in [0.1, 0.15) is 17.4 Å². The van der Waals surface area contributed by atoms with Crippen LogP contribution in [0, 0.1) is 5.92 Å². The molecule has 2 aliphatic rings. The first-order valence-electron chi connectivity index (χ1n) is 10.1. The highest BCUT2D eigenvalue weighted by molar-refractivity contribution is 7.80. The highest BCUT2D eigenvalue weighted by atomic mass is 32.1. The van der Waals surface area contributed by atoms with Crippen molar-refractivity contribution >= 4 is 34.9 Å². The fraction of sp³-hybridized carbons (Fsp3) is 0.550. The van der Waals surface area contributed by atoms with Gasteiger partial charge in [0.05, 0.1) is 12.8 Å². The molecule has 4 rings (SSSR count). The maximum absolute atomic E-state index is 5.43. The largest absolute Gasteiger partial charge is 0.467 e. The Labute approximate surface area is 171 Å². The van der Waals surface area contributed by atoms with Crippen LogP contribution >= 0.6 is 12.2 Å². The molecule has 8 heteroatoms. The molecule has 0 spiro atoms. The smallest absolute Gasteiger partial charge is 0.232 e. The van der Waals surface area contributed by atoms with Crippen LogP contribution in [0.4, 0.5) is 17.6 Å². The molecule has 150 valence electrons. The molecule has 2 saturated heterocycles. The summed E-state index contributed by atoms with van der Waals surface area (Å²) in [5.74, 6) is 4.04. The summed E-state index contributed by atoms with van der Waals surface area (Å²) in [6.45, 7) is 7.02. The summed E-state index contributed by atoms with van der Waals surface area (Å²) in [6, 6.07) is 5.91. The van der Waals surface area contributed by atoms with E-state index in [1.54, 1.807) is 6.26 Å². The topological polar surface area (TPSA) is 69.5 Å². The van der Waals surface area contributed by atoms with E-state index < -0.39 is 0 Å². The minimum atomic E-state index is 0.493. The van der Waals surface area contributed by atoms with Crippen molar-refractivity contribution in [2.24, 2.45) is 5.92 Å². The fourth-order valence-electron chi connectivity index (χ4n) is 3.87. The summed E-state index contributed by atoms with van der Waals surface area (Å²) < 4.78 is 5.33. The average Bonchev–Trinajstić information content (AvgIpc) is 3.40. The van der Waals surface area contributed by atoms with Crippen molar-refractivity contribution in [3.05, 3.63) is 30.2 Å². The quantitative estimate of drug-likeness (QED) is 0.740. The van der Waals surface area contributed by atoms with E-state index >= 15 is 0 Å². The summed E-state index contributed by atoms with van der Waals surface area (Å²) in [5.41, 5.74) is 0. The highest BCUT2D eigenvalue weighted by Gasteiger charge is 2.22. The van der Waals surface area contributed by atoms with E-state index in [0.29, 0.717) is 23.5 Å². The number of hydrogen-bond acceptors (Lipinski definition) is 6. The molecule has 0 saturated carbocycles. The SMILES string of the molecule is C[C@@H]1CCCN(c2cc(N3CCCC3)nc(NC(=S)NCc3ccco3)n2)C1. The molecule has 0 aliphatic carbocycles. The van der Waals surface area contributed by atoms with Gasteiger partial charge in [0, 0.05) is 32.2 Å². The van der Waals surface area contributed by atoms with E-state index in [1.165, 1.54) is 25.7 Å². The normalized spacial score (nSPS) is 19.7. The van der Waals surface area contributed by atoms with Crippen molar-refractivity contribution in [1.29, 1.82) is 0 Å². The molecule has 0 unspecified atom stereocenters. The maximum atomic E-state index is 5.43. The lowest BCUT2D eigenvalue weighted by atomic mass is 10.0. The van der Waals surface area contributed by atoms with Crippen molar-refractivity contribution in [2.75, 3.05) is 41.3 Å². The zero-order valence-corrected chi connectivity index (χ0v) is 17.2. The molecule has 0 aromatic carbocycles. The zero-order chi connectivity index (χ0) is 19.3. The number of anilines is 3. The van der Waals surface area contributed by atoms with Gasteiger partial charge in [-0.3, -0.25) is 0 Å². The van der Waals surface area contributed by atoms with Crippen LogP contribution < -0.4 is 20.4 Å². The van der Waals surface area contributed by atoms with Crippen LogP contribution in [-0.4, -0.2) is 41.3 Å². The van der Waals surface area contributed by atoms with E-state index in [0.717, 1.165) is 43.6 Å². The molecule has 0 amide bonds.